The van der Waals surface area contributed by atoms with E-state index in [9.17, 15) is 4.79 Å². The SMILES string of the molecule is CC1CN(C(=O)OC(C)(C)C)CCN1c1cc(Cl)nc(N)n1. The summed E-state index contributed by atoms with van der Waals surface area (Å²) in [6, 6.07) is 1.75. The first-order valence-electron chi connectivity index (χ1n) is 7.20. The van der Waals surface area contributed by atoms with Crippen molar-refractivity contribution in [1.29, 1.82) is 0 Å². The highest BCUT2D eigenvalue weighted by molar-refractivity contribution is 6.29. The summed E-state index contributed by atoms with van der Waals surface area (Å²) >= 11 is 5.93. The first-order valence-corrected chi connectivity index (χ1v) is 7.58. The number of anilines is 2. The number of nitrogens with two attached hydrogens (primary N) is 1. The van der Waals surface area contributed by atoms with Gasteiger partial charge in [0.25, 0.3) is 0 Å². The maximum absolute atomic E-state index is 12.1. The van der Waals surface area contributed by atoms with Gasteiger partial charge in [-0.05, 0) is 27.7 Å². The van der Waals surface area contributed by atoms with Crippen LogP contribution in [0.1, 0.15) is 27.7 Å². The number of aromatic nitrogens is 2. The van der Waals surface area contributed by atoms with Crippen molar-refractivity contribution in [2.24, 2.45) is 0 Å². The van der Waals surface area contributed by atoms with Crippen LogP contribution in [0.3, 0.4) is 0 Å². The fourth-order valence-corrected chi connectivity index (χ4v) is 2.54. The van der Waals surface area contributed by atoms with Crippen LogP contribution in [-0.4, -0.2) is 52.2 Å². The number of carbonyl (C=O) groups excluding carboxylic acids is 1. The van der Waals surface area contributed by atoms with Crippen LogP contribution in [0.25, 0.3) is 0 Å². The van der Waals surface area contributed by atoms with Gasteiger partial charge in [0.1, 0.15) is 16.6 Å². The third kappa shape index (κ3) is 4.13. The number of carbonyl (C=O) groups is 1. The van der Waals surface area contributed by atoms with Gasteiger partial charge in [-0.3, -0.25) is 0 Å². The molecule has 1 aromatic rings. The zero-order chi connectivity index (χ0) is 16.5. The van der Waals surface area contributed by atoms with Gasteiger partial charge in [0.15, 0.2) is 0 Å². The second-order valence-electron chi connectivity index (χ2n) is 6.38. The number of ether oxygens (including phenoxy) is 1. The number of rotatable bonds is 1. The van der Waals surface area contributed by atoms with Crippen molar-refractivity contribution < 1.29 is 9.53 Å². The van der Waals surface area contributed by atoms with Crippen LogP contribution in [0.5, 0.6) is 0 Å². The monoisotopic (exact) mass is 327 g/mol. The van der Waals surface area contributed by atoms with Crippen LogP contribution < -0.4 is 10.6 Å². The van der Waals surface area contributed by atoms with E-state index in [0.717, 1.165) is 0 Å². The highest BCUT2D eigenvalue weighted by Crippen LogP contribution is 2.22. The lowest BCUT2D eigenvalue weighted by molar-refractivity contribution is 0.0218. The molecule has 1 amide bonds. The number of hydrogen-bond acceptors (Lipinski definition) is 6. The Hall–Kier alpha value is -1.76. The molecule has 0 aliphatic carbocycles. The van der Waals surface area contributed by atoms with Gasteiger partial charge in [0.05, 0.1) is 0 Å². The Morgan fingerprint density at radius 3 is 2.64 bits per heavy atom. The van der Waals surface area contributed by atoms with Gasteiger partial charge in [-0.2, -0.15) is 4.98 Å². The molecule has 2 rings (SSSR count). The minimum atomic E-state index is -0.494. The van der Waals surface area contributed by atoms with E-state index < -0.39 is 5.60 Å². The maximum atomic E-state index is 12.1. The van der Waals surface area contributed by atoms with Crippen molar-refractivity contribution in [3.63, 3.8) is 0 Å². The van der Waals surface area contributed by atoms with E-state index in [1.807, 2.05) is 27.7 Å². The minimum Gasteiger partial charge on any atom is -0.444 e. The molecule has 1 aliphatic heterocycles. The average molecular weight is 328 g/mol. The highest BCUT2D eigenvalue weighted by atomic mass is 35.5. The number of hydrogen-bond donors (Lipinski definition) is 1. The van der Waals surface area contributed by atoms with Crippen molar-refractivity contribution in [3.05, 3.63) is 11.2 Å². The topological polar surface area (TPSA) is 84.6 Å². The predicted octanol–water partition coefficient (Wildman–Crippen LogP) is 2.16. The van der Waals surface area contributed by atoms with Gasteiger partial charge in [-0.25, -0.2) is 9.78 Å². The Bertz CT molecular complexity index is 540. The van der Waals surface area contributed by atoms with E-state index >= 15 is 0 Å². The molecule has 0 radical (unpaired) electrons. The van der Waals surface area contributed by atoms with E-state index in [1.165, 1.54) is 0 Å². The molecule has 0 bridgehead atoms. The molecule has 2 heterocycles. The van der Waals surface area contributed by atoms with Crippen LogP contribution in [0.2, 0.25) is 5.15 Å². The molecule has 0 spiro atoms. The van der Waals surface area contributed by atoms with Crippen LogP contribution in [0, 0.1) is 0 Å². The molecule has 0 aromatic carbocycles. The molecular weight excluding hydrogens is 306 g/mol. The summed E-state index contributed by atoms with van der Waals surface area (Å²) in [5.41, 5.74) is 5.14. The van der Waals surface area contributed by atoms with Gasteiger partial charge in [-0.1, -0.05) is 11.6 Å². The lowest BCUT2D eigenvalue weighted by atomic mass is 10.2. The first kappa shape index (κ1) is 16.6. The summed E-state index contributed by atoms with van der Waals surface area (Å²) in [5, 5.41) is 0.310. The lowest BCUT2D eigenvalue weighted by Crippen LogP contribution is -2.54. The van der Waals surface area contributed by atoms with Crippen LogP contribution in [-0.2, 0) is 4.74 Å². The average Bonchev–Trinajstić information content (AvgIpc) is 2.35. The standard InChI is InChI=1S/C14H22ClN5O2/c1-9-8-19(13(21)22-14(2,3)4)5-6-20(9)11-7-10(15)17-12(16)18-11/h7,9H,5-6,8H2,1-4H3,(H2,16,17,18). The van der Waals surface area contributed by atoms with Crippen molar-refractivity contribution in [3.8, 4) is 0 Å². The first-order chi connectivity index (χ1) is 10.2. The molecule has 1 saturated heterocycles. The van der Waals surface area contributed by atoms with Crippen LogP contribution in [0.4, 0.5) is 16.6 Å². The third-order valence-electron chi connectivity index (χ3n) is 3.27. The second kappa shape index (κ2) is 6.16. The zero-order valence-corrected chi connectivity index (χ0v) is 14.1. The van der Waals surface area contributed by atoms with Crippen molar-refractivity contribution in [1.82, 2.24) is 14.9 Å². The molecule has 1 atom stereocenters. The number of nitrogens with zero attached hydrogens (tertiary/aromatic N) is 4. The van der Waals surface area contributed by atoms with Crippen molar-refractivity contribution in [2.45, 2.75) is 39.3 Å². The van der Waals surface area contributed by atoms with E-state index in [-0.39, 0.29) is 18.1 Å². The molecule has 1 aromatic heterocycles. The van der Waals surface area contributed by atoms with E-state index in [2.05, 4.69) is 14.9 Å². The molecule has 1 unspecified atom stereocenters. The third-order valence-corrected chi connectivity index (χ3v) is 3.47. The second-order valence-corrected chi connectivity index (χ2v) is 6.76. The Labute approximate surface area is 135 Å². The number of piperazine rings is 1. The smallest absolute Gasteiger partial charge is 0.410 e. The summed E-state index contributed by atoms with van der Waals surface area (Å²) in [7, 11) is 0. The summed E-state index contributed by atoms with van der Waals surface area (Å²) in [6.07, 6.45) is -0.292. The Kier molecular flexibility index (Phi) is 4.65. The van der Waals surface area contributed by atoms with Crippen molar-refractivity contribution in [2.75, 3.05) is 30.3 Å². The molecule has 7 nitrogen and oxygen atoms in total. The number of amides is 1. The molecule has 1 fully saturated rings. The van der Waals surface area contributed by atoms with Crippen molar-refractivity contribution >= 4 is 29.5 Å². The van der Waals surface area contributed by atoms with Gasteiger partial charge in [0, 0.05) is 31.7 Å². The normalized spacial score (nSPS) is 19.2. The summed E-state index contributed by atoms with van der Waals surface area (Å²) in [6.45, 7) is 9.33. The highest BCUT2D eigenvalue weighted by Gasteiger charge is 2.30. The van der Waals surface area contributed by atoms with E-state index in [4.69, 9.17) is 22.1 Å². The molecule has 122 valence electrons. The number of nitrogen functional groups attached to an aromatic ring is 1. The van der Waals surface area contributed by atoms with Gasteiger partial charge >= 0.3 is 6.09 Å². The summed E-state index contributed by atoms with van der Waals surface area (Å²) in [4.78, 5) is 24.0. The predicted molar refractivity (Wildman–Crippen MR) is 86.1 cm³/mol. The van der Waals surface area contributed by atoms with Crippen LogP contribution in [0.15, 0.2) is 6.07 Å². The summed E-state index contributed by atoms with van der Waals surface area (Å²) < 4.78 is 5.41. The fraction of sp³-hybridized carbons (Fsp3) is 0.643. The van der Waals surface area contributed by atoms with Gasteiger partial charge < -0.3 is 20.3 Å². The maximum Gasteiger partial charge on any atom is 0.410 e. The summed E-state index contributed by atoms with van der Waals surface area (Å²) in [5.74, 6) is 0.818. The largest absolute Gasteiger partial charge is 0.444 e. The zero-order valence-electron chi connectivity index (χ0n) is 13.3. The Balaban J connectivity index is 2.05. The molecule has 8 heteroatoms. The van der Waals surface area contributed by atoms with Crippen LogP contribution >= 0.6 is 11.6 Å². The molecule has 22 heavy (non-hydrogen) atoms. The van der Waals surface area contributed by atoms with E-state index in [1.54, 1.807) is 11.0 Å². The molecule has 0 saturated carbocycles. The Morgan fingerprint density at radius 1 is 1.41 bits per heavy atom. The van der Waals surface area contributed by atoms with Gasteiger partial charge in [0.2, 0.25) is 5.95 Å². The quantitative estimate of drug-likeness (QED) is 0.796. The number of halogens is 1. The lowest BCUT2D eigenvalue weighted by Gasteiger charge is -2.40. The minimum absolute atomic E-state index is 0.0756. The molecule has 1 aliphatic rings. The van der Waals surface area contributed by atoms with E-state index in [0.29, 0.717) is 30.6 Å². The Morgan fingerprint density at radius 2 is 2.09 bits per heavy atom. The molecule has 2 N–H and O–H groups in total. The van der Waals surface area contributed by atoms with Gasteiger partial charge in [-0.15, -0.1) is 0 Å². The molecular formula is C14H22ClN5O2. The fourth-order valence-electron chi connectivity index (χ4n) is 2.36.